The molecule has 3 heteroatoms. The zero-order valence-electron chi connectivity index (χ0n) is 11.3. The lowest BCUT2D eigenvalue weighted by Crippen LogP contribution is -2.53. The first-order valence-electron chi connectivity index (χ1n) is 6.52. The molecular formula is C15H21NO2. The van der Waals surface area contributed by atoms with Gasteiger partial charge in [0.05, 0.1) is 0 Å². The van der Waals surface area contributed by atoms with E-state index in [1.165, 1.54) is 6.42 Å². The van der Waals surface area contributed by atoms with Gasteiger partial charge in [-0.1, -0.05) is 30.2 Å². The largest absolute Gasteiger partial charge is 0.480 e. The summed E-state index contributed by atoms with van der Waals surface area (Å²) < 4.78 is 0. The molecule has 3 nitrogen and oxygen atoms in total. The molecule has 18 heavy (non-hydrogen) atoms. The Bertz CT molecular complexity index is 466. The fourth-order valence-electron chi connectivity index (χ4n) is 2.59. The van der Waals surface area contributed by atoms with Crippen LogP contribution >= 0.6 is 0 Å². The molecule has 0 radical (unpaired) electrons. The van der Waals surface area contributed by atoms with Crippen LogP contribution in [0, 0.1) is 13.8 Å². The van der Waals surface area contributed by atoms with Gasteiger partial charge in [-0.25, -0.2) is 4.79 Å². The Balaban J connectivity index is 2.35. The summed E-state index contributed by atoms with van der Waals surface area (Å²) in [5.74, 6) is -0.804. The molecule has 0 heterocycles. The highest BCUT2D eigenvalue weighted by Crippen LogP contribution is 2.29. The van der Waals surface area contributed by atoms with Gasteiger partial charge >= 0.3 is 5.97 Å². The number of benzene rings is 1. The van der Waals surface area contributed by atoms with Gasteiger partial charge in [-0.3, -0.25) is 5.32 Å². The molecule has 2 rings (SSSR count). The van der Waals surface area contributed by atoms with Crippen molar-refractivity contribution in [1.82, 2.24) is 5.32 Å². The molecule has 0 aliphatic heterocycles. The van der Waals surface area contributed by atoms with Gasteiger partial charge in [0.15, 0.2) is 0 Å². The predicted molar refractivity (Wildman–Crippen MR) is 71.7 cm³/mol. The van der Waals surface area contributed by atoms with Crippen molar-refractivity contribution in [1.29, 1.82) is 0 Å². The summed E-state index contributed by atoms with van der Waals surface area (Å²) in [5, 5.41) is 12.9. The Morgan fingerprint density at radius 1 is 1.39 bits per heavy atom. The number of carboxylic acids is 1. The lowest BCUT2D eigenvalue weighted by molar-refractivity contribution is -0.145. The first kappa shape index (κ1) is 13.1. The van der Waals surface area contributed by atoms with Gasteiger partial charge in [0.2, 0.25) is 0 Å². The highest BCUT2D eigenvalue weighted by atomic mass is 16.4. The normalized spacial score (nSPS) is 19.1. The van der Waals surface area contributed by atoms with E-state index in [9.17, 15) is 9.90 Å². The number of hydrogen-bond donors (Lipinski definition) is 2. The van der Waals surface area contributed by atoms with Crippen molar-refractivity contribution in [3.8, 4) is 0 Å². The van der Waals surface area contributed by atoms with Gasteiger partial charge < -0.3 is 5.11 Å². The smallest absolute Gasteiger partial charge is 0.328 e. The molecule has 1 aromatic carbocycles. The highest BCUT2D eigenvalue weighted by molar-refractivity contribution is 5.81. The summed E-state index contributed by atoms with van der Waals surface area (Å²) in [4.78, 5) is 11.7. The van der Waals surface area contributed by atoms with Crippen LogP contribution in [0.4, 0.5) is 0 Å². The Hall–Kier alpha value is -1.35. The lowest BCUT2D eigenvalue weighted by atomic mass is 9.83. The van der Waals surface area contributed by atoms with Crippen molar-refractivity contribution in [2.45, 2.75) is 51.6 Å². The van der Waals surface area contributed by atoms with Crippen molar-refractivity contribution < 1.29 is 9.90 Å². The van der Waals surface area contributed by atoms with Crippen LogP contribution in [0.5, 0.6) is 0 Å². The number of carboxylic acid groups (broad SMARTS) is 1. The minimum Gasteiger partial charge on any atom is -0.480 e. The molecule has 1 saturated carbocycles. The Kier molecular flexibility index (Phi) is 3.44. The van der Waals surface area contributed by atoms with Crippen LogP contribution in [-0.4, -0.2) is 17.1 Å². The van der Waals surface area contributed by atoms with Gasteiger partial charge in [0, 0.05) is 6.04 Å². The van der Waals surface area contributed by atoms with E-state index in [-0.39, 0.29) is 0 Å². The molecule has 0 saturated heterocycles. The summed E-state index contributed by atoms with van der Waals surface area (Å²) in [6.45, 7) is 5.77. The van der Waals surface area contributed by atoms with E-state index in [4.69, 9.17) is 0 Å². The summed E-state index contributed by atoms with van der Waals surface area (Å²) in [7, 11) is 0. The van der Waals surface area contributed by atoms with E-state index < -0.39 is 11.5 Å². The molecule has 1 aliphatic rings. The van der Waals surface area contributed by atoms with Crippen LogP contribution in [-0.2, 0) is 10.3 Å². The minimum absolute atomic E-state index is 0.340. The monoisotopic (exact) mass is 247 g/mol. The second kappa shape index (κ2) is 4.73. The summed E-state index contributed by atoms with van der Waals surface area (Å²) in [6.07, 6.45) is 3.35. The average molecular weight is 247 g/mol. The van der Waals surface area contributed by atoms with Gasteiger partial charge in [-0.2, -0.15) is 0 Å². The van der Waals surface area contributed by atoms with Crippen molar-refractivity contribution >= 4 is 5.97 Å². The van der Waals surface area contributed by atoms with E-state index in [2.05, 4.69) is 5.32 Å². The second-order valence-electron chi connectivity index (χ2n) is 5.52. The standard InChI is InChI=1S/C15H21NO2/c1-10-7-8-13(11(2)9-10)15(3,14(17)18)16-12-5-4-6-12/h7-9,12,16H,4-6H2,1-3H3,(H,17,18). The maximum Gasteiger partial charge on any atom is 0.328 e. The number of hydrogen-bond acceptors (Lipinski definition) is 2. The predicted octanol–water partition coefficient (Wildman–Crippen LogP) is 2.75. The van der Waals surface area contributed by atoms with Crippen LogP contribution in [0.1, 0.15) is 42.9 Å². The fourth-order valence-corrected chi connectivity index (χ4v) is 2.59. The van der Waals surface area contributed by atoms with Crippen LogP contribution < -0.4 is 5.32 Å². The molecule has 0 spiro atoms. The van der Waals surface area contributed by atoms with Crippen LogP contribution in [0.2, 0.25) is 0 Å². The first-order valence-corrected chi connectivity index (χ1v) is 6.52. The molecule has 0 bridgehead atoms. The number of rotatable bonds is 4. The van der Waals surface area contributed by atoms with Gasteiger partial charge in [0.25, 0.3) is 0 Å². The van der Waals surface area contributed by atoms with Gasteiger partial charge in [-0.15, -0.1) is 0 Å². The number of carbonyl (C=O) groups is 1. The molecule has 2 N–H and O–H groups in total. The zero-order chi connectivity index (χ0) is 13.3. The SMILES string of the molecule is Cc1ccc(C(C)(NC2CCC2)C(=O)O)c(C)c1. The number of aryl methyl sites for hydroxylation is 2. The lowest BCUT2D eigenvalue weighted by Gasteiger charge is -2.37. The van der Waals surface area contributed by atoms with E-state index in [0.29, 0.717) is 6.04 Å². The van der Waals surface area contributed by atoms with Crippen molar-refractivity contribution in [3.05, 3.63) is 34.9 Å². The van der Waals surface area contributed by atoms with E-state index in [0.717, 1.165) is 29.5 Å². The molecule has 0 amide bonds. The third-order valence-electron chi connectivity index (χ3n) is 3.95. The zero-order valence-corrected chi connectivity index (χ0v) is 11.3. The van der Waals surface area contributed by atoms with E-state index >= 15 is 0 Å². The molecule has 98 valence electrons. The molecule has 1 aromatic rings. The van der Waals surface area contributed by atoms with Crippen molar-refractivity contribution in [2.24, 2.45) is 0 Å². The highest BCUT2D eigenvalue weighted by Gasteiger charge is 2.39. The second-order valence-corrected chi connectivity index (χ2v) is 5.52. The van der Waals surface area contributed by atoms with Crippen LogP contribution in [0.25, 0.3) is 0 Å². The van der Waals surface area contributed by atoms with Crippen molar-refractivity contribution in [2.75, 3.05) is 0 Å². The molecule has 0 aromatic heterocycles. The fraction of sp³-hybridized carbons (Fsp3) is 0.533. The molecular weight excluding hydrogens is 226 g/mol. The topological polar surface area (TPSA) is 49.3 Å². The number of aliphatic carboxylic acids is 1. The molecule has 1 unspecified atom stereocenters. The first-order chi connectivity index (χ1) is 8.43. The minimum atomic E-state index is -0.983. The van der Waals surface area contributed by atoms with Gasteiger partial charge in [0.1, 0.15) is 5.54 Å². The Morgan fingerprint density at radius 3 is 2.50 bits per heavy atom. The average Bonchev–Trinajstić information content (AvgIpc) is 2.23. The van der Waals surface area contributed by atoms with Crippen molar-refractivity contribution in [3.63, 3.8) is 0 Å². The van der Waals surface area contributed by atoms with Gasteiger partial charge in [-0.05, 0) is 44.7 Å². The maximum absolute atomic E-state index is 11.7. The summed E-state index contributed by atoms with van der Waals surface area (Å²) in [5.41, 5.74) is 2.08. The third-order valence-corrected chi connectivity index (χ3v) is 3.95. The maximum atomic E-state index is 11.7. The van der Waals surface area contributed by atoms with E-state index in [1.54, 1.807) is 6.92 Å². The Labute approximate surface area is 108 Å². The summed E-state index contributed by atoms with van der Waals surface area (Å²) >= 11 is 0. The third kappa shape index (κ3) is 2.27. The summed E-state index contributed by atoms with van der Waals surface area (Å²) in [6, 6.07) is 6.29. The quantitative estimate of drug-likeness (QED) is 0.860. The van der Waals surface area contributed by atoms with Crippen LogP contribution in [0.3, 0.4) is 0 Å². The molecule has 1 fully saturated rings. The molecule has 1 atom stereocenters. The number of nitrogens with one attached hydrogen (secondary N) is 1. The Morgan fingerprint density at radius 2 is 2.06 bits per heavy atom. The van der Waals surface area contributed by atoms with Crippen LogP contribution in [0.15, 0.2) is 18.2 Å². The molecule has 1 aliphatic carbocycles. The van der Waals surface area contributed by atoms with E-state index in [1.807, 2.05) is 32.0 Å².